The molecule has 0 radical (unpaired) electrons. The molecule has 0 rings (SSSR count). The lowest BCUT2D eigenvalue weighted by Crippen LogP contribution is -2.45. The topological polar surface area (TPSA) is 504 Å². The van der Waals surface area contributed by atoms with Crippen LogP contribution < -0.4 is 27.4 Å². The van der Waals surface area contributed by atoms with Crippen LogP contribution in [0.25, 0.3) is 0 Å². The molecule has 0 bridgehead atoms. The lowest BCUT2D eigenvalue weighted by Gasteiger charge is -2.23. The molecular formula is C68H121N5O25S2. The molecule has 0 aromatic rings. The van der Waals surface area contributed by atoms with Gasteiger partial charge in [0.15, 0.2) is 23.4 Å². The summed E-state index contributed by atoms with van der Waals surface area (Å²) in [5.74, 6) is -3.53. The molecule has 12 atom stereocenters. The fourth-order valence-corrected chi connectivity index (χ4v) is 8.33. The van der Waals surface area contributed by atoms with Gasteiger partial charge in [0.1, 0.15) is 61.2 Å². The van der Waals surface area contributed by atoms with Gasteiger partial charge < -0.3 is 97.1 Å². The summed E-state index contributed by atoms with van der Waals surface area (Å²) in [5, 5.41) is 87.0. The van der Waals surface area contributed by atoms with E-state index in [0.717, 1.165) is 26.4 Å². The van der Waals surface area contributed by atoms with Gasteiger partial charge in [0.25, 0.3) is 0 Å². The molecule has 0 fully saturated rings. The number of ketones is 3. The molecule has 32 heteroatoms. The maximum Gasteiger partial charge on any atom is 0.330 e. The molecule has 0 saturated heterocycles. The summed E-state index contributed by atoms with van der Waals surface area (Å²) in [6.45, 7) is 22.7. The number of amides is 3. The molecule has 580 valence electrons. The van der Waals surface area contributed by atoms with Crippen LogP contribution in [0.1, 0.15) is 172 Å². The number of allylic oxidation sites excluding steroid dienone is 2. The second-order valence-electron chi connectivity index (χ2n) is 25.0. The Kier molecular flexibility index (Phi) is 62.8. The molecule has 0 spiro atoms. The highest BCUT2D eigenvalue weighted by molar-refractivity contribution is 7.80. The first-order valence-corrected chi connectivity index (χ1v) is 34.3. The number of aliphatic hydroxyl groups is 7. The smallest absolute Gasteiger partial charge is 0.330 e. The maximum absolute atomic E-state index is 12.1. The first-order valence-electron chi connectivity index (χ1n) is 33.0. The van der Waals surface area contributed by atoms with Crippen LogP contribution in [0.4, 0.5) is 0 Å². The zero-order valence-electron chi connectivity index (χ0n) is 60.6. The number of aliphatic hydroxyl groups excluding tert-OH is 7. The van der Waals surface area contributed by atoms with Gasteiger partial charge in [0, 0.05) is 38.5 Å². The number of aliphatic carboxylic acids is 2. The summed E-state index contributed by atoms with van der Waals surface area (Å²) in [5.41, 5.74) is 11.0. The van der Waals surface area contributed by atoms with E-state index in [2.05, 4.69) is 63.8 Å². The van der Waals surface area contributed by atoms with Gasteiger partial charge in [-0.2, -0.15) is 25.3 Å². The van der Waals surface area contributed by atoms with E-state index < -0.39 is 122 Å². The normalized spacial score (nSPS) is 14.6. The Morgan fingerprint density at radius 2 is 0.870 bits per heavy atom. The molecule has 0 saturated carbocycles. The van der Waals surface area contributed by atoms with Crippen molar-refractivity contribution < 1.29 is 122 Å². The third-order valence-corrected chi connectivity index (χ3v) is 14.2. The summed E-state index contributed by atoms with van der Waals surface area (Å²) >= 11 is 8.16. The number of esters is 3. The molecule has 30 nitrogen and oxygen atoms in total. The highest BCUT2D eigenvalue weighted by Crippen LogP contribution is 2.19. The summed E-state index contributed by atoms with van der Waals surface area (Å²) in [6, 6.07) is -4.79. The fraction of sp³-hybridized carbons (Fsp3) is 0.721. The molecule has 3 amide bonds. The van der Waals surface area contributed by atoms with Gasteiger partial charge in [-0.15, -0.1) is 0 Å². The van der Waals surface area contributed by atoms with Crippen LogP contribution in [0.3, 0.4) is 0 Å². The van der Waals surface area contributed by atoms with E-state index in [1.165, 1.54) is 21.0 Å². The van der Waals surface area contributed by atoms with Crippen molar-refractivity contribution in [3.05, 3.63) is 49.0 Å². The Morgan fingerprint density at radius 1 is 0.520 bits per heavy atom. The van der Waals surface area contributed by atoms with Crippen molar-refractivity contribution in [2.24, 2.45) is 35.1 Å². The van der Waals surface area contributed by atoms with Gasteiger partial charge in [0.05, 0.1) is 64.6 Å². The molecule has 16 N–H and O–H groups in total. The number of carbonyl (C=O) groups is 11. The second kappa shape index (κ2) is 61.3. The molecule has 100 heavy (non-hydrogen) atoms. The van der Waals surface area contributed by atoms with Crippen LogP contribution in [-0.2, 0) is 76.4 Å². The van der Waals surface area contributed by atoms with E-state index in [1.807, 2.05) is 55.4 Å². The van der Waals surface area contributed by atoms with Gasteiger partial charge in [-0.1, -0.05) is 59.9 Å². The maximum atomic E-state index is 12.1. The Labute approximate surface area is 601 Å². The monoisotopic (exact) mass is 1470 g/mol. The summed E-state index contributed by atoms with van der Waals surface area (Å²) in [7, 11) is 2.45. The van der Waals surface area contributed by atoms with Crippen LogP contribution in [0, 0.1) is 23.7 Å². The van der Waals surface area contributed by atoms with Crippen molar-refractivity contribution in [2.75, 3.05) is 58.8 Å². The average Bonchev–Trinajstić information content (AvgIpc) is 0.939. The van der Waals surface area contributed by atoms with E-state index in [1.54, 1.807) is 24.3 Å². The Morgan fingerprint density at radius 3 is 1.17 bits per heavy atom. The number of methoxy groups -OCH3 is 2. The van der Waals surface area contributed by atoms with Crippen LogP contribution >= 0.6 is 25.3 Å². The molecule has 0 aliphatic rings. The quantitative estimate of drug-likeness (QED) is 0.0137. The first-order chi connectivity index (χ1) is 46.6. The van der Waals surface area contributed by atoms with Gasteiger partial charge in [-0.25, -0.2) is 14.4 Å². The van der Waals surface area contributed by atoms with Gasteiger partial charge in [-0.05, 0) is 133 Å². The number of hydrogen-bond donors (Lipinski definition) is 16. The van der Waals surface area contributed by atoms with Gasteiger partial charge in [0.2, 0.25) is 17.7 Å². The number of ether oxygens (including phenoxy) is 5. The largest absolute Gasteiger partial charge is 0.489 e. The van der Waals surface area contributed by atoms with Crippen molar-refractivity contribution in [3.8, 4) is 0 Å². The van der Waals surface area contributed by atoms with Crippen molar-refractivity contribution in [2.45, 2.75) is 232 Å². The van der Waals surface area contributed by atoms with E-state index >= 15 is 0 Å². The number of nitrogens with one attached hydrogen (secondary N) is 3. The van der Waals surface area contributed by atoms with E-state index in [4.69, 9.17) is 61.4 Å². The van der Waals surface area contributed by atoms with E-state index in [9.17, 15) is 63.0 Å². The van der Waals surface area contributed by atoms with Crippen LogP contribution in [-0.4, -0.2) is 230 Å². The number of Topliss-reactive ketones (excluding diaryl/α,β-unsaturated/α-hetero) is 3. The molecule has 0 aromatic heterocycles. The SMILES string of the molecule is C=C(OC(/C=C/CCS)CC(=O)N[C@H](CO)C(=O)O)C(N)C(C)O.C=C(OC(/C=C/CCS)CC(=O)N[C@H](CO)C(=O)OC)C(N)C(C)O.CC(CCCC(=O)CO)CC(=O)O.CC(CCCC(=O)CO)CC(=O)OC(C)(C)C.COC(=O)[C@H](NC(=O)CC(C)CCCC(=O)CO)C(C)C. The van der Waals surface area contributed by atoms with Crippen LogP contribution in [0.5, 0.6) is 0 Å². The molecule has 0 aromatic carbocycles. The van der Waals surface area contributed by atoms with E-state index in [-0.39, 0.29) is 90.3 Å². The number of carbonyl (C=O) groups excluding carboxylic acids is 9. The lowest BCUT2D eigenvalue weighted by atomic mass is 9.98. The predicted molar refractivity (Wildman–Crippen MR) is 381 cm³/mol. The van der Waals surface area contributed by atoms with E-state index in [0.29, 0.717) is 75.7 Å². The van der Waals surface area contributed by atoms with Crippen LogP contribution in [0.2, 0.25) is 0 Å². The van der Waals surface area contributed by atoms with Crippen molar-refractivity contribution in [1.29, 1.82) is 0 Å². The first kappa shape index (κ1) is 102. The minimum absolute atomic E-state index is 0.0427. The Bertz CT molecular complexity index is 2460. The number of nitrogens with two attached hydrogens (primary N) is 2. The third kappa shape index (κ3) is 59.4. The highest BCUT2D eigenvalue weighted by Gasteiger charge is 2.28. The molecule has 0 aliphatic heterocycles. The average molecular weight is 1470 g/mol. The molecule has 0 aliphatic carbocycles. The summed E-state index contributed by atoms with van der Waals surface area (Å²) in [4.78, 5) is 124. The van der Waals surface area contributed by atoms with Crippen molar-refractivity contribution >= 4 is 90.2 Å². The van der Waals surface area contributed by atoms with Gasteiger partial charge in [-0.3, -0.25) is 38.4 Å². The second-order valence-corrected chi connectivity index (χ2v) is 25.9. The highest BCUT2D eigenvalue weighted by atomic mass is 32.1. The number of hydrogen-bond acceptors (Lipinski definition) is 27. The molecule has 0 heterocycles. The van der Waals surface area contributed by atoms with Crippen molar-refractivity contribution in [3.63, 3.8) is 0 Å². The third-order valence-electron chi connectivity index (χ3n) is 13.7. The summed E-state index contributed by atoms with van der Waals surface area (Å²) in [6.07, 6.45) is 10.8. The van der Waals surface area contributed by atoms with Crippen molar-refractivity contribution in [1.82, 2.24) is 16.0 Å². The lowest BCUT2D eigenvalue weighted by molar-refractivity contribution is -0.156. The number of rotatable bonds is 48. The molecular weight excluding hydrogens is 1350 g/mol. The standard InChI is InChI=1S/C16H28N2O6S.C15H26N2O6S.C15H27NO5.C13H24O4.C9H16O4/c1-10(20)15(17)11(2)24-12(6-4-5-7-25)8-14(21)18-13(9-19)16(22)23-3;1-9(19)14(16)10(2)23-11(5-3-4-6-24)7-13(20)17-12(8-18)15(21)22;1-10(2)14(15(20)21-4)16-13(19)8-11(3)6-5-7-12(18)9-17;1-10(6-5-7-11(15)9-14)8-12(16)17-13(2,3)4;1-7(5-9(12)13)3-2-4-8(11)6-10/h4,6,10,12-13,15,19-20,25H,2,5,7-9,17H2,1,3H3,(H,18,21);3,5,9,11-12,14,18-19,24H,2,4,6-8,16H2,1H3,(H,17,20)(H,21,22);10-11,14,17H,5-9H2,1-4H3,(H,16,19);10,14H,5-9H2,1-4H3;7,10H,2-6H2,1H3,(H,12,13)/b6-4+;5-3+;;;/t10?,12?,13-,15?;9?,11?,12-,14?;11?,14-;;/m111../s1. The minimum atomic E-state index is -1.39. The number of carboxylic acid groups (broad SMARTS) is 2. The molecule has 9 unspecified atom stereocenters. The number of carboxylic acids is 2. The fourth-order valence-electron chi connectivity index (χ4n) is 8.03. The zero-order valence-corrected chi connectivity index (χ0v) is 62.4. The van der Waals surface area contributed by atoms with Gasteiger partial charge >= 0.3 is 29.8 Å². The Balaban J connectivity index is -0.000000382. The minimum Gasteiger partial charge on any atom is -0.489 e. The predicted octanol–water partition coefficient (Wildman–Crippen LogP) is 2.90. The van der Waals surface area contributed by atoms with Crippen LogP contribution in [0.15, 0.2) is 49.0 Å². The Hall–Kier alpha value is -6.33. The zero-order chi connectivity index (χ0) is 78.3. The number of thiol groups is 2. The summed E-state index contributed by atoms with van der Waals surface area (Å²) < 4.78 is 25.4.